The predicted octanol–water partition coefficient (Wildman–Crippen LogP) is 4.05. The van der Waals surface area contributed by atoms with Crippen LogP contribution in [0.1, 0.15) is 45.7 Å². The topological polar surface area (TPSA) is 44.5 Å². The number of ether oxygens (including phenoxy) is 2. The van der Waals surface area contributed by atoms with Gasteiger partial charge in [0.25, 0.3) is 0 Å². The largest absolute Gasteiger partial charge is 0.496 e. The highest BCUT2D eigenvalue weighted by Crippen LogP contribution is 2.48. The molecular formula is C16H24BrNO2. The summed E-state index contributed by atoms with van der Waals surface area (Å²) in [6, 6.07) is 5.90. The number of rotatable bonds is 3. The lowest BCUT2D eigenvalue weighted by Crippen LogP contribution is -2.36. The smallest absolute Gasteiger partial charge is 0.124 e. The summed E-state index contributed by atoms with van der Waals surface area (Å²) in [4.78, 5) is 0. The van der Waals surface area contributed by atoms with Gasteiger partial charge in [-0.25, -0.2) is 0 Å². The molecule has 1 aliphatic rings. The lowest BCUT2D eigenvalue weighted by Gasteiger charge is -2.31. The first-order valence-corrected chi connectivity index (χ1v) is 7.75. The quantitative estimate of drug-likeness (QED) is 0.901. The van der Waals surface area contributed by atoms with Crippen molar-refractivity contribution in [2.75, 3.05) is 7.11 Å². The van der Waals surface area contributed by atoms with Gasteiger partial charge in [-0.1, -0.05) is 22.0 Å². The average Bonchev–Trinajstić information content (AvgIpc) is 2.56. The Morgan fingerprint density at radius 2 is 2.00 bits per heavy atom. The summed E-state index contributed by atoms with van der Waals surface area (Å²) in [5.74, 6) is 1.08. The second-order valence-electron chi connectivity index (χ2n) is 6.69. The lowest BCUT2D eigenvalue weighted by atomic mass is 9.79. The summed E-state index contributed by atoms with van der Waals surface area (Å²) >= 11 is 3.46. The molecule has 4 heteroatoms. The molecular weight excluding hydrogens is 318 g/mol. The summed E-state index contributed by atoms with van der Waals surface area (Å²) in [7, 11) is 1.68. The van der Waals surface area contributed by atoms with Crippen LogP contribution in [-0.2, 0) is 4.74 Å². The van der Waals surface area contributed by atoms with Crippen molar-refractivity contribution in [1.82, 2.24) is 0 Å². The molecule has 2 rings (SSSR count). The van der Waals surface area contributed by atoms with Crippen LogP contribution in [0.15, 0.2) is 22.7 Å². The summed E-state index contributed by atoms with van der Waals surface area (Å²) in [5.41, 5.74) is 7.22. The fourth-order valence-electron chi connectivity index (χ4n) is 3.34. The van der Waals surface area contributed by atoms with Gasteiger partial charge in [-0.2, -0.15) is 0 Å². The van der Waals surface area contributed by atoms with Crippen molar-refractivity contribution in [3.8, 4) is 5.75 Å². The molecule has 20 heavy (non-hydrogen) atoms. The molecule has 2 atom stereocenters. The van der Waals surface area contributed by atoms with Gasteiger partial charge in [0.05, 0.1) is 18.3 Å². The number of halogens is 1. The van der Waals surface area contributed by atoms with Gasteiger partial charge in [0.2, 0.25) is 0 Å². The van der Waals surface area contributed by atoms with Gasteiger partial charge in [0.15, 0.2) is 0 Å². The van der Waals surface area contributed by atoms with Gasteiger partial charge >= 0.3 is 0 Å². The molecule has 2 N–H and O–H groups in total. The van der Waals surface area contributed by atoms with Gasteiger partial charge in [0.1, 0.15) is 5.75 Å². The van der Waals surface area contributed by atoms with E-state index in [0.29, 0.717) is 0 Å². The van der Waals surface area contributed by atoms with E-state index in [1.165, 1.54) is 0 Å². The first-order valence-electron chi connectivity index (χ1n) is 6.95. The van der Waals surface area contributed by atoms with Crippen LogP contribution in [0.25, 0.3) is 0 Å². The van der Waals surface area contributed by atoms with E-state index in [2.05, 4.69) is 43.6 Å². The zero-order chi connectivity index (χ0) is 15.1. The van der Waals surface area contributed by atoms with Crippen LogP contribution in [0.5, 0.6) is 5.75 Å². The second kappa shape index (κ2) is 5.32. The third-order valence-electron chi connectivity index (χ3n) is 4.13. The van der Waals surface area contributed by atoms with E-state index in [-0.39, 0.29) is 23.2 Å². The number of hydrogen-bond acceptors (Lipinski definition) is 3. The number of nitrogens with two attached hydrogens (primary N) is 1. The number of hydrogen-bond donors (Lipinski definition) is 1. The second-order valence-corrected chi connectivity index (χ2v) is 7.60. The molecule has 1 heterocycles. The van der Waals surface area contributed by atoms with E-state index in [9.17, 15) is 0 Å². The molecule has 1 fully saturated rings. The number of methoxy groups -OCH3 is 1. The Labute approximate surface area is 130 Å². The summed E-state index contributed by atoms with van der Waals surface area (Å²) in [5, 5.41) is 0. The van der Waals surface area contributed by atoms with E-state index in [1.807, 2.05) is 18.2 Å². The van der Waals surface area contributed by atoms with Crippen molar-refractivity contribution >= 4 is 15.9 Å². The van der Waals surface area contributed by atoms with Crippen molar-refractivity contribution in [1.29, 1.82) is 0 Å². The molecule has 0 radical (unpaired) electrons. The molecule has 3 nitrogen and oxygen atoms in total. The number of benzene rings is 1. The maximum Gasteiger partial charge on any atom is 0.124 e. The highest BCUT2D eigenvalue weighted by atomic mass is 79.9. The molecule has 1 aliphatic heterocycles. The van der Waals surface area contributed by atoms with Gasteiger partial charge in [-0.3, -0.25) is 0 Å². The van der Waals surface area contributed by atoms with Crippen LogP contribution >= 0.6 is 15.9 Å². The van der Waals surface area contributed by atoms with Crippen LogP contribution in [0.4, 0.5) is 0 Å². The van der Waals surface area contributed by atoms with Crippen LogP contribution < -0.4 is 10.5 Å². The zero-order valence-corrected chi connectivity index (χ0v) is 14.5. The van der Waals surface area contributed by atoms with E-state index in [4.69, 9.17) is 15.2 Å². The Balaban J connectivity index is 2.34. The van der Waals surface area contributed by atoms with E-state index < -0.39 is 0 Å². The molecule has 0 aliphatic carbocycles. The zero-order valence-electron chi connectivity index (χ0n) is 12.9. The molecule has 0 amide bonds. The predicted molar refractivity (Wildman–Crippen MR) is 85.0 cm³/mol. The van der Waals surface area contributed by atoms with Gasteiger partial charge < -0.3 is 15.2 Å². The minimum absolute atomic E-state index is 0.102. The van der Waals surface area contributed by atoms with Gasteiger partial charge in [-0.15, -0.1) is 0 Å². The normalized spacial score (nSPS) is 25.4. The minimum atomic E-state index is -0.235. The summed E-state index contributed by atoms with van der Waals surface area (Å²) in [6.07, 6.45) is 0.945. The fourth-order valence-corrected chi connectivity index (χ4v) is 3.68. The maximum absolute atomic E-state index is 6.55. The van der Waals surface area contributed by atoms with Crippen molar-refractivity contribution in [2.45, 2.75) is 51.4 Å². The van der Waals surface area contributed by atoms with Crippen molar-refractivity contribution in [3.63, 3.8) is 0 Å². The SMILES string of the molecule is COc1cc(Br)ccc1C(N)C1CC(C)(C)OC1(C)C. The molecule has 1 aromatic carbocycles. The van der Waals surface area contributed by atoms with Crippen molar-refractivity contribution in [2.24, 2.45) is 11.7 Å². The average molecular weight is 342 g/mol. The molecule has 0 aromatic heterocycles. The monoisotopic (exact) mass is 341 g/mol. The lowest BCUT2D eigenvalue weighted by molar-refractivity contribution is -0.0767. The first kappa shape index (κ1) is 15.8. The third kappa shape index (κ3) is 3.02. The van der Waals surface area contributed by atoms with E-state index >= 15 is 0 Å². The Kier molecular flexibility index (Phi) is 4.20. The van der Waals surface area contributed by atoms with Crippen LogP contribution in [0.3, 0.4) is 0 Å². The van der Waals surface area contributed by atoms with Crippen LogP contribution in [0, 0.1) is 5.92 Å². The van der Waals surface area contributed by atoms with Crippen molar-refractivity contribution < 1.29 is 9.47 Å². The minimum Gasteiger partial charge on any atom is -0.496 e. The maximum atomic E-state index is 6.55. The Morgan fingerprint density at radius 3 is 2.50 bits per heavy atom. The molecule has 0 spiro atoms. The van der Waals surface area contributed by atoms with E-state index in [0.717, 1.165) is 22.2 Å². The Bertz CT molecular complexity index is 499. The standard InChI is InChI=1S/C16H24BrNO2/c1-15(2)9-12(16(3,4)20-15)14(18)11-7-6-10(17)8-13(11)19-5/h6-8,12,14H,9,18H2,1-5H3. The highest BCUT2D eigenvalue weighted by molar-refractivity contribution is 9.10. The molecule has 112 valence electrons. The van der Waals surface area contributed by atoms with Crippen molar-refractivity contribution in [3.05, 3.63) is 28.2 Å². The van der Waals surface area contributed by atoms with Crippen LogP contribution in [0.2, 0.25) is 0 Å². The molecule has 0 bridgehead atoms. The van der Waals surface area contributed by atoms with Gasteiger partial charge in [-0.05, 0) is 46.2 Å². The molecule has 2 unspecified atom stereocenters. The molecule has 0 saturated carbocycles. The summed E-state index contributed by atoms with van der Waals surface area (Å²) in [6.45, 7) is 8.50. The third-order valence-corrected chi connectivity index (χ3v) is 4.63. The Hall–Kier alpha value is -0.580. The molecule has 1 saturated heterocycles. The first-order chi connectivity index (χ1) is 9.16. The summed E-state index contributed by atoms with van der Waals surface area (Å²) < 4.78 is 12.6. The highest BCUT2D eigenvalue weighted by Gasteiger charge is 2.48. The molecule has 1 aromatic rings. The van der Waals surface area contributed by atoms with E-state index in [1.54, 1.807) is 7.11 Å². The van der Waals surface area contributed by atoms with Gasteiger partial charge in [0, 0.05) is 22.0 Å². The fraction of sp³-hybridized carbons (Fsp3) is 0.625. The van der Waals surface area contributed by atoms with Crippen LogP contribution in [-0.4, -0.2) is 18.3 Å². The Morgan fingerprint density at radius 1 is 1.35 bits per heavy atom.